The topological polar surface area (TPSA) is 66.0 Å². The summed E-state index contributed by atoms with van der Waals surface area (Å²) in [4.78, 5) is 1.92. The average Bonchev–Trinajstić information content (AvgIpc) is 3.25. The molecule has 1 fully saturated rings. The number of morpholine rings is 1. The quantitative estimate of drug-likeness (QED) is 0.564. The van der Waals surface area contributed by atoms with Crippen LogP contribution < -0.4 is 9.47 Å². The lowest BCUT2D eigenvalue weighted by molar-refractivity contribution is -0.147. The van der Waals surface area contributed by atoms with Crippen molar-refractivity contribution in [2.75, 3.05) is 33.1 Å². The maximum Gasteiger partial charge on any atom is 0.453 e. The number of aromatic nitrogens is 3. The lowest BCUT2D eigenvalue weighted by Gasteiger charge is -2.25. The number of ether oxygens (including phenoxy) is 3. The van der Waals surface area contributed by atoms with Crippen LogP contribution in [0.5, 0.6) is 11.5 Å². The molecule has 0 saturated carbocycles. The Kier molecular flexibility index (Phi) is 5.08. The molecule has 1 aromatic heterocycles. The number of benzene rings is 1. The molecule has 8 nitrogen and oxygen atoms in total. The fourth-order valence-electron chi connectivity index (χ4n) is 2.82. The summed E-state index contributed by atoms with van der Waals surface area (Å²) < 4.78 is 57.6. The third-order valence-electron chi connectivity index (χ3n) is 4.23. The minimum absolute atomic E-state index is 0.105. The van der Waals surface area contributed by atoms with E-state index in [-0.39, 0.29) is 18.2 Å². The van der Waals surface area contributed by atoms with E-state index in [0.717, 1.165) is 4.68 Å². The van der Waals surface area contributed by atoms with Crippen LogP contribution in [0.2, 0.25) is 0 Å². The van der Waals surface area contributed by atoms with E-state index in [4.69, 9.17) is 26.4 Å². The van der Waals surface area contributed by atoms with Crippen molar-refractivity contribution in [3.8, 4) is 11.5 Å². The van der Waals surface area contributed by atoms with Gasteiger partial charge in [-0.05, 0) is 36.0 Å². The molecule has 0 bridgehead atoms. The molecule has 4 rings (SSSR count). The third kappa shape index (κ3) is 3.88. The van der Waals surface area contributed by atoms with Crippen LogP contribution in [-0.2, 0) is 17.6 Å². The van der Waals surface area contributed by atoms with Gasteiger partial charge >= 0.3 is 6.18 Å². The zero-order chi connectivity index (χ0) is 19.7. The molecule has 12 heteroatoms. The maximum atomic E-state index is 13.4. The summed E-state index contributed by atoms with van der Waals surface area (Å²) in [7, 11) is 0. The Hall–Kier alpha value is -2.44. The Balaban J connectivity index is 1.64. The van der Waals surface area contributed by atoms with Crippen LogP contribution in [-0.4, -0.2) is 58.7 Å². The van der Waals surface area contributed by atoms with E-state index in [9.17, 15) is 13.2 Å². The van der Waals surface area contributed by atoms with Gasteiger partial charge in [0, 0.05) is 13.1 Å². The lowest BCUT2D eigenvalue weighted by atomic mass is 10.2. The van der Waals surface area contributed by atoms with Crippen LogP contribution in [0.1, 0.15) is 11.4 Å². The van der Waals surface area contributed by atoms with Crippen LogP contribution in [0.15, 0.2) is 23.3 Å². The van der Waals surface area contributed by atoms with E-state index in [0.29, 0.717) is 48.0 Å². The van der Waals surface area contributed by atoms with E-state index in [1.54, 1.807) is 18.2 Å². The molecule has 3 heterocycles. The Morgan fingerprint density at radius 1 is 1.18 bits per heavy atom. The molecule has 0 amide bonds. The van der Waals surface area contributed by atoms with Gasteiger partial charge in [-0.25, -0.2) is 4.68 Å². The first-order valence-electron chi connectivity index (χ1n) is 8.43. The second kappa shape index (κ2) is 7.53. The highest BCUT2D eigenvalue weighted by molar-refractivity contribution is 7.71. The molecule has 150 valence electrons. The molecule has 0 unspecified atom stereocenters. The third-order valence-corrected chi connectivity index (χ3v) is 4.61. The summed E-state index contributed by atoms with van der Waals surface area (Å²) >= 11 is 5.19. The van der Waals surface area contributed by atoms with Gasteiger partial charge in [0.05, 0.1) is 26.1 Å². The number of hydrogen-bond donors (Lipinski definition) is 0. The van der Waals surface area contributed by atoms with Gasteiger partial charge in [0.25, 0.3) is 5.82 Å². The second-order valence-electron chi connectivity index (χ2n) is 6.14. The minimum atomic E-state index is -4.70. The molecule has 2 aromatic rings. The molecular weight excluding hydrogens is 399 g/mol. The standard InChI is InChI=1S/C16H16F3N5O3S/c17-16(18,19)14-21-23(9-22-3-5-25-6-4-22)15(28)24(14)20-8-11-1-2-12-13(7-11)27-10-26-12/h1-2,7-8H,3-6,9-10H2/b20-8+. The van der Waals surface area contributed by atoms with Gasteiger partial charge in [0.1, 0.15) is 0 Å². The molecule has 0 atom stereocenters. The highest BCUT2D eigenvalue weighted by atomic mass is 32.1. The average molecular weight is 415 g/mol. The summed E-state index contributed by atoms with van der Waals surface area (Å²) in [6, 6.07) is 4.95. The van der Waals surface area contributed by atoms with Gasteiger partial charge in [-0.15, -0.1) is 5.10 Å². The first kappa shape index (κ1) is 18.9. The van der Waals surface area contributed by atoms with Gasteiger partial charge in [-0.2, -0.15) is 22.9 Å². The van der Waals surface area contributed by atoms with Crippen LogP contribution in [0.4, 0.5) is 13.2 Å². The van der Waals surface area contributed by atoms with Gasteiger partial charge in [-0.1, -0.05) is 0 Å². The number of hydrogen-bond acceptors (Lipinski definition) is 7. The fourth-order valence-corrected chi connectivity index (χ4v) is 3.05. The van der Waals surface area contributed by atoms with Crippen molar-refractivity contribution < 1.29 is 27.4 Å². The lowest BCUT2D eigenvalue weighted by Crippen LogP contribution is -2.37. The highest BCUT2D eigenvalue weighted by Gasteiger charge is 2.39. The van der Waals surface area contributed by atoms with Crippen molar-refractivity contribution in [1.29, 1.82) is 0 Å². The monoisotopic (exact) mass is 415 g/mol. The zero-order valence-electron chi connectivity index (χ0n) is 14.6. The van der Waals surface area contributed by atoms with E-state index >= 15 is 0 Å². The van der Waals surface area contributed by atoms with Crippen LogP contribution in [0.3, 0.4) is 0 Å². The molecule has 1 saturated heterocycles. The van der Waals surface area contributed by atoms with Crippen molar-refractivity contribution in [2.24, 2.45) is 5.10 Å². The Morgan fingerprint density at radius 2 is 1.93 bits per heavy atom. The summed E-state index contributed by atoms with van der Waals surface area (Å²) in [6.07, 6.45) is -3.43. The first-order valence-corrected chi connectivity index (χ1v) is 8.84. The molecule has 28 heavy (non-hydrogen) atoms. The van der Waals surface area contributed by atoms with Crippen molar-refractivity contribution in [2.45, 2.75) is 12.8 Å². The summed E-state index contributed by atoms with van der Waals surface area (Å²) in [5.41, 5.74) is 0.542. The van der Waals surface area contributed by atoms with E-state index in [1.807, 2.05) is 4.90 Å². The van der Waals surface area contributed by atoms with Gasteiger partial charge < -0.3 is 14.2 Å². The molecule has 0 N–H and O–H groups in total. The molecule has 2 aliphatic rings. The normalized spacial score (nSPS) is 17.5. The second-order valence-corrected chi connectivity index (χ2v) is 6.51. The summed E-state index contributed by atoms with van der Waals surface area (Å²) in [5.74, 6) is -0.0996. The van der Waals surface area contributed by atoms with Crippen molar-refractivity contribution in [1.82, 2.24) is 19.4 Å². The highest BCUT2D eigenvalue weighted by Crippen LogP contribution is 2.32. The van der Waals surface area contributed by atoms with Crippen molar-refractivity contribution >= 4 is 18.4 Å². The molecule has 0 aliphatic carbocycles. The predicted molar refractivity (Wildman–Crippen MR) is 94.0 cm³/mol. The van der Waals surface area contributed by atoms with Crippen molar-refractivity contribution in [3.63, 3.8) is 0 Å². The summed E-state index contributed by atoms with van der Waals surface area (Å²) in [5, 5.41) is 7.58. The fraction of sp³-hybridized carbons (Fsp3) is 0.438. The number of alkyl halides is 3. The van der Waals surface area contributed by atoms with Gasteiger partial charge in [0.2, 0.25) is 11.6 Å². The van der Waals surface area contributed by atoms with Gasteiger partial charge in [-0.3, -0.25) is 4.90 Å². The molecule has 0 radical (unpaired) electrons. The Morgan fingerprint density at radius 3 is 2.68 bits per heavy atom. The SMILES string of the molecule is FC(F)(F)c1nn(CN2CCOCC2)c(=S)n1/N=C/c1ccc2c(c1)OCO2. The Labute approximate surface area is 162 Å². The smallest absolute Gasteiger partial charge is 0.453 e. The number of rotatable bonds is 4. The molecule has 1 aromatic carbocycles. The molecule has 0 spiro atoms. The Bertz CT molecular complexity index is 950. The van der Waals surface area contributed by atoms with E-state index in [1.165, 1.54) is 6.21 Å². The van der Waals surface area contributed by atoms with Crippen molar-refractivity contribution in [3.05, 3.63) is 34.4 Å². The number of fused-ring (bicyclic) bond motifs is 1. The summed E-state index contributed by atoms with van der Waals surface area (Å²) in [6.45, 7) is 2.46. The molecular formula is C16H16F3N5O3S. The van der Waals surface area contributed by atoms with Gasteiger partial charge in [0.15, 0.2) is 11.5 Å². The van der Waals surface area contributed by atoms with Crippen LogP contribution in [0.25, 0.3) is 0 Å². The van der Waals surface area contributed by atoms with E-state index < -0.39 is 12.0 Å². The number of nitrogens with zero attached hydrogens (tertiary/aromatic N) is 5. The predicted octanol–water partition coefficient (Wildman–Crippen LogP) is 2.33. The first-order chi connectivity index (χ1) is 13.4. The van der Waals surface area contributed by atoms with E-state index in [2.05, 4.69) is 10.2 Å². The molecule has 2 aliphatic heterocycles. The van der Waals surface area contributed by atoms with Crippen LogP contribution >= 0.6 is 12.2 Å². The number of halogens is 3. The largest absolute Gasteiger partial charge is 0.454 e. The minimum Gasteiger partial charge on any atom is -0.454 e. The zero-order valence-corrected chi connectivity index (χ0v) is 15.4. The van der Waals surface area contributed by atoms with Crippen LogP contribution in [0, 0.1) is 4.77 Å². The maximum absolute atomic E-state index is 13.4.